The van der Waals surface area contributed by atoms with Gasteiger partial charge in [-0.1, -0.05) is 109 Å². The lowest BCUT2D eigenvalue weighted by Crippen LogP contribution is -2.59. The zero-order valence-electron chi connectivity index (χ0n) is 41.3. The van der Waals surface area contributed by atoms with Crippen molar-refractivity contribution in [2.75, 3.05) is 14.2 Å². The van der Waals surface area contributed by atoms with Crippen LogP contribution in [0.15, 0.2) is 66.4 Å². The molecule has 1 unspecified atom stereocenters. The number of nitrogens with zero attached hydrogens (tertiary/aromatic N) is 1. The summed E-state index contributed by atoms with van der Waals surface area (Å²) in [5.74, 6) is -10.7. The molecule has 0 heterocycles. The van der Waals surface area contributed by atoms with Crippen LogP contribution in [0.1, 0.15) is 93.6 Å². The molecule has 0 fully saturated rings. The first-order valence-corrected chi connectivity index (χ1v) is 22.7. The highest BCUT2D eigenvalue weighted by Crippen LogP contribution is 2.20. The van der Waals surface area contributed by atoms with Crippen LogP contribution in [0.25, 0.3) is 0 Å². The van der Waals surface area contributed by atoms with Crippen LogP contribution < -0.4 is 32.3 Å². The van der Waals surface area contributed by atoms with Gasteiger partial charge in [-0.05, 0) is 56.9 Å². The molecule has 6 amide bonds. The van der Waals surface area contributed by atoms with Crippen molar-refractivity contribution in [2.24, 2.45) is 35.3 Å². The minimum Gasteiger partial charge on any atom is -0.480 e. The molecule has 10 atom stereocenters. The Morgan fingerprint density at radius 3 is 1.81 bits per heavy atom. The Morgan fingerprint density at radius 2 is 1.32 bits per heavy atom. The molecule has 1 rings (SSSR count). The third-order valence-corrected chi connectivity index (χ3v) is 11.3. The smallest absolute Gasteiger partial charge is 0.327 e. The molecular formula is C49H74N7O12. The lowest BCUT2D eigenvalue weighted by atomic mass is 9.94. The third kappa shape index (κ3) is 20.2. The fourth-order valence-electron chi connectivity index (χ4n) is 7.24. The van der Waals surface area contributed by atoms with Crippen LogP contribution in [0.3, 0.4) is 0 Å². The van der Waals surface area contributed by atoms with Crippen molar-refractivity contribution in [2.45, 2.75) is 137 Å². The lowest BCUT2D eigenvalue weighted by molar-refractivity contribution is -0.151. The quantitative estimate of drug-likeness (QED) is 0.0407. The SMILES string of the molecule is C=C(N)C(=O)N[C@H](C)C(=O)N[C@@H](CC(C)C)C(=O)N[C@@H](C(=O)O)[C@H](C)C(=O)N[C@@H](CC(C)C)C(=O)NC(/C=C/C(C)=C/[C@H](C)[C@H](Cc1ccccc1)OC)[C@H](C)C(=O)N(C)[C@H](CC[C]=O)C(=O)O. The van der Waals surface area contributed by atoms with Crippen LogP contribution in [0.5, 0.6) is 0 Å². The number of aliphatic carboxylic acids is 2. The Hall–Kier alpha value is -6.37. The van der Waals surface area contributed by atoms with Gasteiger partial charge in [0.15, 0.2) is 6.29 Å². The number of carbonyl (C=O) groups excluding carboxylic acids is 7. The molecule has 0 spiro atoms. The number of hydrogen-bond donors (Lipinski definition) is 8. The van der Waals surface area contributed by atoms with Crippen molar-refractivity contribution in [1.29, 1.82) is 0 Å². The summed E-state index contributed by atoms with van der Waals surface area (Å²) in [7, 11) is 2.91. The van der Waals surface area contributed by atoms with Gasteiger partial charge in [0.25, 0.3) is 5.91 Å². The van der Waals surface area contributed by atoms with E-state index in [9.17, 15) is 53.4 Å². The highest BCUT2D eigenvalue weighted by molar-refractivity contribution is 5.98. The Labute approximate surface area is 400 Å². The van der Waals surface area contributed by atoms with Gasteiger partial charge < -0.3 is 52.2 Å². The molecular weight excluding hydrogens is 879 g/mol. The first kappa shape index (κ1) is 59.6. The minimum atomic E-state index is -1.83. The van der Waals surface area contributed by atoms with E-state index in [1.54, 1.807) is 53.2 Å². The molecule has 0 saturated carbocycles. The van der Waals surface area contributed by atoms with Crippen LogP contribution in [0.2, 0.25) is 0 Å². The van der Waals surface area contributed by atoms with Gasteiger partial charge in [0.2, 0.25) is 29.5 Å². The van der Waals surface area contributed by atoms with Gasteiger partial charge in [-0.3, -0.25) is 33.6 Å². The maximum atomic E-state index is 14.3. The number of nitrogens with one attached hydrogen (secondary N) is 5. The standard InChI is InChI=1S/C49H74N7O12/c1-27(2)23-37(53-42(58)32(8)41(49(66)67)55-46(62)38(24-28(3)4)54-44(60)34(10)51-43(59)33(9)50)45(61)52-36(31(7)47(63)56(11)39(48(64)65)19-16-22-57)21-20-29(5)25-30(6)40(68-12)26-35-17-14-13-15-18-35/h13-15,17-18,20-21,25,27-28,30-32,34,36-41H,9,16,19,23-24,26,50H2,1-8,10-12H3,(H,51,59)(H,52,61)(H,53,58)(H,54,60)(H,55,62)(H,64,65)(H,66,67)/b21-20+,29-25+/t30-,31-,32-,34+,36?,37-,38-,39+,40-,41+/m0/s1. The van der Waals surface area contributed by atoms with E-state index >= 15 is 0 Å². The Kier molecular flexibility index (Phi) is 25.8. The van der Waals surface area contributed by atoms with Gasteiger partial charge in [-0.15, -0.1) is 0 Å². The summed E-state index contributed by atoms with van der Waals surface area (Å²) in [6.07, 6.45) is 7.05. The van der Waals surface area contributed by atoms with Crippen LogP contribution >= 0.6 is 0 Å². The van der Waals surface area contributed by atoms with Crippen LogP contribution in [-0.4, -0.2) is 125 Å². The zero-order valence-corrected chi connectivity index (χ0v) is 41.3. The number of carbonyl (C=O) groups is 8. The molecule has 0 bridgehead atoms. The summed E-state index contributed by atoms with van der Waals surface area (Å²) >= 11 is 0. The number of carboxylic acids is 2. The van der Waals surface area contributed by atoms with E-state index in [1.165, 1.54) is 27.8 Å². The maximum absolute atomic E-state index is 14.3. The Morgan fingerprint density at radius 1 is 0.779 bits per heavy atom. The first-order chi connectivity index (χ1) is 31.7. The molecule has 1 aromatic carbocycles. The number of benzene rings is 1. The fourth-order valence-corrected chi connectivity index (χ4v) is 7.24. The van der Waals surface area contributed by atoms with Crippen molar-refractivity contribution in [3.8, 4) is 0 Å². The molecule has 1 aromatic rings. The number of likely N-dealkylation sites (N-methyl/N-ethyl adjacent to an activating group) is 1. The minimum absolute atomic E-state index is 0.0569. The number of carboxylic acid groups (broad SMARTS) is 2. The van der Waals surface area contributed by atoms with Crippen molar-refractivity contribution in [3.63, 3.8) is 0 Å². The number of methoxy groups -OCH3 is 1. The maximum Gasteiger partial charge on any atom is 0.327 e. The second-order valence-corrected chi connectivity index (χ2v) is 18.1. The van der Waals surface area contributed by atoms with E-state index in [2.05, 4.69) is 33.2 Å². The number of nitrogens with two attached hydrogens (primary N) is 1. The normalized spacial score (nSPS) is 16.1. The molecule has 377 valence electrons. The summed E-state index contributed by atoms with van der Waals surface area (Å²) in [5.41, 5.74) is 6.89. The topological polar surface area (TPSA) is 293 Å². The average Bonchev–Trinajstić information content (AvgIpc) is 3.26. The molecule has 68 heavy (non-hydrogen) atoms. The molecule has 0 aromatic heterocycles. The second kappa shape index (κ2) is 29.4. The third-order valence-electron chi connectivity index (χ3n) is 11.3. The van der Waals surface area contributed by atoms with E-state index in [1.807, 2.05) is 50.3 Å². The van der Waals surface area contributed by atoms with Gasteiger partial charge in [-0.25, -0.2) is 9.59 Å². The van der Waals surface area contributed by atoms with E-state index in [0.717, 1.165) is 16.0 Å². The number of amides is 6. The van der Waals surface area contributed by atoms with Crippen molar-refractivity contribution < 1.29 is 58.1 Å². The van der Waals surface area contributed by atoms with E-state index in [-0.39, 0.29) is 55.2 Å². The number of rotatable bonds is 30. The monoisotopic (exact) mass is 953 g/mol. The molecule has 19 nitrogen and oxygen atoms in total. The average molecular weight is 953 g/mol. The van der Waals surface area contributed by atoms with Gasteiger partial charge in [0.1, 0.15) is 30.2 Å². The van der Waals surface area contributed by atoms with Crippen LogP contribution in [0.4, 0.5) is 0 Å². The molecule has 0 aliphatic rings. The van der Waals surface area contributed by atoms with Crippen LogP contribution in [-0.2, 0) is 54.3 Å². The van der Waals surface area contributed by atoms with Crippen molar-refractivity contribution >= 4 is 53.7 Å². The fraction of sp³-hybridized carbons (Fsp3) is 0.571. The van der Waals surface area contributed by atoms with Gasteiger partial charge in [0.05, 0.1) is 29.7 Å². The molecule has 0 aliphatic carbocycles. The number of hydrogen-bond acceptors (Lipinski definition) is 11. The van der Waals surface area contributed by atoms with E-state index < -0.39 is 95.5 Å². The summed E-state index contributed by atoms with van der Waals surface area (Å²) in [6.45, 7) is 18.4. The predicted molar refractivity (Wildman–Crippen MR) is 256 cm³/mol. The van der Waals surface area contributed by atoms with Crippen LogP contribution in [0, 0.1) is 29.6 Å². The molecule has 1 radical (unpaired) electrons. The van der Waals surface area contributed by atoms with E-state index in [0.29, 0.717) is 6.42 Å². The predicted octanol–water partition coefficient (Wildman–Crippen LogP) is 2.55. The van der Waals surface area contributed by atoms with Crippen molar-refractivity contribution in [3.05, 3.63) is 72.0 Å². The largest absolute Gasteiger partial charge is 0.480 e. The highest BCUT2D eigenvalue weighted by atomic mass is 16.5. The molecule has 0 saturated heterocycles. The highest BCUT2D eigenvalue weighted by Gasteiger charge is 2.38. The summed E-state index contributed by atoms with van der Waals surface area (Å²) in [4.78, 5) is 117. The Bertz CT molecular complexity index is 1970. The molecule has 19 heteroatoms. The van der Waals surface area contributed by atoms with Gasteiger partial charge in [-0.2, -0.15) is 0 Å². The summed E-state index contributed by atoms with van der Waals surface area (Å²) in [5, 5.41) is 32.8. The second-order valence-electron chi connectivity index (χ2n) is 18.1. The lowest BCUT2D eigenvalue weighted by Gasteiger charge is -2.31. The number of ether oxygens (including phenoxy) is 1. The first-order valence-electron chi connectivity index (χ1n) is 22.7. The molecule has 9 N–H and O–H groups in total. The van der Waals surface area contributed by atoms with Crippen molar-refractivity contribution in [1.82, 2.24) is 31.5 Å². The summed E-state index contributed by atoms with van der Waals surface area (Å²) < 4.78 is 5.81. The molecule has 0 aliphatic heterocycles. The van der Waals surface area contributed by atoms with Gasteiger partial charge in [0, 0.05) is 26.5 Å². The summed E-state index contributed by atoms with van der Waals surface area (Å²) in [6, 6.07) is 1.83. The van der Waals surface area contributed by atoms with Gasteiger partial charge >= 0.3 is 11.9 Å². The van der Waals surface area contributed by atoms with E-state index in [4.69, 9.17) is 10.5 Å². The zero-order chi connectivity index (χ0) is 52.0. The Balaban J connectivity index is 3.54. The number of allylic oxidation sites excluding steroid dienone is 2.